The lowest BCUT2D eigenvalue weighted by Crippen LogP contribution is -2.50. The molecule has 3 aliphatic heterocycles. The molecule has 3 heterocycles. The van der Waals surface area contributed by atoms with Crippen molar-refractivity contribution in [3.63, 3.8) is 0 Å². The summed E-state index contributed by atoms with van der Waals surface area (Å²) in [7, 11) is 0. The van der Waals surface area contributed by atoms with Gasteiger partial charge < -0.3 is 19.5 Å². The van der Waals surface area contributed by atoms with E-state index in [0.29, 0.717) is 55.8 Å². The molecule has 1 aliphatic carbocycles. The van der Waals surface area contributed by atoms with Gasteiger partial charge in [0.1, 0.15) is 0 Å². The minimum Gasteiger partial charge on any atom is -0.376 e. The Labute approximate surface area is 151 Å². The van der Waals surface area contributed by atoms with E-state index in [2.05, 4.69) is 30.0 Å². The largest absolute Gasteiger partial charge is 0.376 e. The topological polar surface area (TPSA) is 63.8 Å². The molecule has 4 bridgehead atoms. The molecule has 0 spiro atoms. The van der Waals surface area contributed by atoms with E-state index in [1.54, 1.807) is 0 Å². The first-order valence-corrected chi connectivity index (χ1v) is 10.3. The van der Waals surface area contributed by atoms with Gasteiger partial charge in [0.25, 0.3) is 0 Å². The van der Waals surface area contributed by atoms with Crippen LogP contribution >= 0.6 is 0 Å². The number of fused-ring (bicyclic) bond motifs is 4. The van der Waals surface area contributed by atoms with Crippen LogP contribution in [-0.2, 0) is 14.2 Å². The first kappa shape index (κ1) is 18.1. The van der Waals surface area contributed by atoms with Gasteiger partial charge in [0, 0.05) is 18.6 Å². The molecule has 0 aromatic rings. The Hall–Kier alpha value is -0.240. The van der Waals surface area contributed by atoms with Gasteiger partial charge in [-0.3, -0.25) is 10.9 Å². The quantitative estimate of drug-likeness (QED) is 0.605. The smallest absolute Gasteiger partial charge is 0.0784 e. The highest BCUT2D eigenvalue weighted by Gasteiger charge is 2.45. The van der Waals surface area contributed by atoms with Gasteiger partial charge >= 0.3 is 0 Å². The summed E-state index contributed by atoms with van der Waals surface area (Å²) in [5.41, 5.74) is 7.23. The third-order valence-corrected chi connectivity index (χ3v) is 6.72. The van der Waals surface area contributed by atoms with Gasteiger partial charge in [-0.2, -0.15) is 0 Å². The highest BCUT2D eigenvalue weighted by Crippen LogP contribution is 2.37. The van der Waals surface area contributed by atoms with E-state index >= 15 is 0 Å². The molecular weight excluding hydrogens is 318 g/mol. The van der Waals surface area contributed by atoms with Crippen LogP contribution in [-0.4, -0.2) is 63.3 Å². The molecule has 3 saturated heterocycles. The second kappa shape index (κ2) is 8.19. The Morgan fingerprint density at radius 3 is 2.72 bits per heavy atom. The van der Waals surface area contributed by atoms with Gasteiger partial charge in [-0.1, -0.05) is 0 Å². The van der Waals surface area contributed by atoms with Crippen LogP contribution < -0.4 is 16.2 Å². The summed E-state index contributed by atoms with van der Waals surface area (Å²) in [6, 6.07) is 1.14. The Bertz CT molecular complexity index is 438. The molecule has 8 atom stereocenters. The Morgan fingerprint density at radius 1 is 0.920 bits per heavy atom. The van der Waals surface area contributed by atoms with Crippen molar-refractivity contribution >= 4 is 0 Å². The maximum atomic E-state index is 6.31. The molecule has 6 unspecified atom stereocenters. The first-order chi connectivity index (χ1) is 12.2. The zero-order chi connectivity index (χ0) is 17.2. The molecule has 6 heteroatoms. The van der Waals surface area contributed by atoms with E-state index in [-0.39, 0.29) is 12.2 Å². The average Bonchev–Trinajstić information content (AvgIpc) is 3.04. The molecule has 0 aromatic heterocycles. The fourth-order valence-electron chi connectivity index (χ4n) is 5.33. The van der Waals surface area contributed by atoms with Crippen molar-refractivity contribution in [2.45, 2.75) is 69.9 Å². The van der Waals surface area contributed by atoms with E-state index in [1.807, 2.05) is 0 Å². The number of hydrogen-bond donors (Lipinski definition) is 3. The van der Waals surface area contributed by atoms with Gasteiger partial charge in [-0.05, 0) is 63.8 Å². The van der Waals surface area contributed by atoms with Crippen LogP contribution in [0.25, 0.3) is 0 Å². The second-order valence-electron chi connectivity index (χ2n) is 8.53. The highest BCUT2D eigenvalue weighted by molar-refractivity contribution is 5.00. The standard InChI is InChI=1S/C19H35N3O3/c1-12-11-23-5-6-24-13(2)14-7-15(10-20-9-14)19-17-8-16(25-12)3-4-18(17)21-22-19/h12-22H,3-11H2,1-2H3/t12-,13+,14?,15?,16?,17?,18?,19?/m1/s1. The Morgan fingerprint density at radius 2 is 1.80 bits per heavy atom. The normalized spacial score (nSPS) is 49.2. The van der Waals surface area contributed by atoms with Crippen molar-refractivity contribution in [1.82, 2.24) is 16.2 Å². The van der Waals surface area contributed by atoms with Crippen molar-refractivity contribution < 1.29 is 14.2 Å². The summed E-state index contributed by atoms with van der Waals surface area (Å²) < 4.78 is 18.1. The highest BCUT2D eigenvalue weighted by atomic mass is 16.6. The lowest BCUT2D eigenvalue weighted by molar-refractivity contribution is -0.0782. The van der Waals surface area contributed by atoms with Crippen LogP contribution in [0.4, 0.5) is 0 Å². The van der Waals surface area contributed by atoms with Crippen LogP contribution in [0, 0.1) is 17.8 Å². The van der Waals surface area contributed by atoms with E-state index in [4.69, 9.17) is 14.2 Å². The van der Waals surface area contributed by atoms with Gasteiger partial charge in [0.05, 0.1) is 38.1 Å². The summed E-state index contributed by atoms with van der Waals surface area (Å²) >= 11 is 0. The molecule has 0 aromatic carbocycles. The van der Waals surface area contributed by atoms with Gasteiger partial charge in [0.15, 0.2) is 0 Å². The lowest BCUT2D eigenvalue weighted by atomic mass is 9.73. The van der Waals surface area contributed by atoms with E-state index in [1.165, 1.54) is 12.8 Å². The summed E-state index contributed by atoms with van der Waals surface area (Å²) in [4.78, 5) is 0. The monoisotopic (exact) mass is 353 g/mol. The first-order valence-electron chi connectivity index (χ1n) is 10.3. The van der Waals surface area contributed by atoms with Crippen LogP contribution in [0.5, 0.6) is 0 Å². The minimum absolute atomic E-state index is 0.158. The third kappa shape index (κ3) is 4.20. The van der Waals surface area contributed by atoms with Crippen molar-refractivity contribution in [2.24, 2.45) is 17.8 Å². The van der Waals surface area contributed by atoms with Gasteiger partial charge in [0.2, 0.25) is 0 Å². The number of rotatable bonds is 0. The molecule has 4 aliphatic rings. The molecular formula is C19H35N3O3. The van der Waals surface area contributed by atoms with Crippen LogP contribution in [0.3, 0.4) is 0 Å². The molecule has 0 amide bonds. The Kier molecular flexibility index (Phi) is 5.94. The van der Waals surface area contributed by atoms with E-state index in [9.17, 15) is 0 Å². The molecule has 1 saturated carbocycles. The van der Waals surface area contributed by atoms with E-state index in [0.717, 1.165) is 25.9 Å². The number of hydrazine groups is 1. The maximum Gasteiger partial charge on any atom is 0.0784 e. The van der Waals surface area contributed by atoms with Crippen molar-refractivity contribution in [3.05, 3.63) is 0 Å². The fourth-order valence-corrected chi connectivity index (χ4v) is 5.33. The van der Waals surface area contributed by atoms with Crippen LogP contribution in [0.15, 0.2) is 0 Å². The molecule has 3 N–H and O–H groups in total. The van der Waals surface area contributed by atoms with Crippen molar-refractivity contribution in [2.75, 3.05) is 32.9 Å². The summed E-state index contributed by atoms with van der Waals surface area (Å²) in [6.45, 7) is 8.52. The van der Waals surface area contributed by atoms with Gasteiger partial charge in [-0.25, -0.2) is 0 Å². The number of nitrogens with one attached hydrogen (secondary N) is 3. The van der Waals surface area contributed by atoms with Gasteiger partial charge in [-0.15, -0.1) is 0 Å². The van der Waals surface area contributed by atoms with Crippen molar-refractivity contribution in [3.8, 4) is 0 Å². The molecule has 144 valence electrons. The molecule has 6 nitrogen and oxygen atoms in total. The molecule has 25 heavy (non-hydrogen) atoms. The summed E-state index contributed by atoms with van der Waals surface area (Å²) in [6.07, 6.45) is 5.56. The molecule has 0 radical (unpaired) electrons. The molecule has 4 fully saturated rings. The average molecular weight is 354 g/mol. The Balaban J connectivity index is 1.49. The second-order valence-corrected chi connectivity index (χ2v) is 8.53. The van der Waals surface area contributed by atoms with E-state index < -0.39 is 0 Å². The maximum absolute atomic E-state index is 6.31. The zero-order valence-corrected chi connectivity index (χ0v) is 15.7. The lowest BCUT2D eigenvalue weighted by Gasteiger charge is -2.40. The number of hydrogen-bond acceptors (Lipinski definition) is 6. The molecule has 4 rings (SSSR count). The third-order valence-electron chi connectivity index (χ3n) is 6.72. The number of piperidine rings is 1. The predicted octanol–water partition coefficient (Wildman–Crippen LogP) is 1.07. The van der Waals surface area contributed by atoms with Crippen molar-refractivity contribution in [1.29, 1.82) is 0 Å². The summed E-state index contributed by atoms with van der Waals surface area (Å²) in [5, 5.41) is 3.66. The predicted molar refractivity (Wildman–Crippen MR) is 96.2 cm³/mol. The number of ether oxygens (including phenoxy) is 3. The van der Waals surface area contributed by atoms with Crippen LogP contribution in [0.1, 0.15) is 39.5 Å². The minimum atomic E-state index is 0.158. The van der Waals surface area contributed by atoms with Crippen LogP contribution in [0.2, 0.25) is 0 Å². The summed E-state index contributed by atoms with van der Waals surface area (Å²) in [5.74, 6) is 1.91. The SMILES string of the molecule is C[C@@H]1COCCO[C@@H](C)C2CNCC(C2)C2NNC3CCC(CC32)O1. The fraction of sp³-hybridized carbons (Fsp3) is 1.00. The zero-order valence-electron chi connectivity index (χ0n) is 15.7.